The van der Waals surface area contributed by atoms with E-state index >= 15 is 0 Å². The van der Waals surface area contributed by atoms with Crippen molar-refractivity contribution in [3.05, 3.63) is 98.6 Å². The van der Waals surface area contributed by atoms with Crippen molar-refractivity contribution in [2.75, 3.05) is 22.6 Å². The van der Waals surface area contributed by atoms with Crippen molar-refractivity contribution in [3.8, 4) is 0 Å². The molecule has 0 radical (unpaired) electrons. The van der Waals surface area contributed by atoms with E-state index < -0.39 is 23.7 Å². The fraction of sp³-hybridized carbons (Fsp3) is 0.0400. The molecule has 1 aliphatic heterocycles. The first kappa shape index (κ1) is 25.2. The minimum atomic E-state index is -0.768. The van der Waals surface area contributed by atoms with Crippen LogP contribution in [0.25, 0.3) is 0 Å². The second-order valence-corrected chi connectivity index (χ2v) is 8.60. The van der Waals surface area contributed by atoms with Gasteiger partial charge in [0.25, 0.3) is 17.7 Å². The molecule has 3 amide bonds. The molecule has 2 N–H and O–H groups in total. The summed E-state index contributed by atoms with van der Waals surface area (Å²) < 4.78 is 4.69. The fourth-order valence-corrected chi connectivity index (χ4v) is 3.97. The lowest BCUT2D eigenvalue weighted by Gasteiger charge is -2.16. The van der Waals surface area contributed by atoms with Gasteiger partial charge in [-0.2, -0.15) is 0 Å². The number of nitrogens with one attached hydrogen (secondary N) is 2. The van der Waals surface area contributed by atoms with Crippen molar-refractivity contribution in [3.63, 3.8) is 0 Å². The van der Waals surface area contributed by atoms with Crippen LogP contribution in [0.1, 0.15) is 20.7 Å². The summed E-state index contributed by atoms with van der Waals surface area (Å²) in [6, 6.07) is 16.9. The van der Waals surface area contributed by atoms with Gasteiger partial charge in [-0.1, -0.05) is 53.0 Å². The molecule has 11 heteroatoms. The summed E-state index contributed by atoms with van der Waals surface area (Å²) in [5.74, 6) is -2.59. The quantitative estimate of drug-likeness (QED) is 0.315. The number of rotatable bonds is 6. The predicted octanol–water partition coefficient (Wildman–Crippen LogP) is 5.47. The van der Waals surface area contributed by atoms with Gasteiger partial charge in [-0.25, -0.2) is 9.69 Å². The van der Waals surface area contributed by atoms with E-state index in [1.165, 1.54) is 37.4 Å². The number of benzene rings is 3. The van der Waals surface area contributed by atoms with Gasteiger partial charge in [0.2, 0.25) is 0 Å². The molecule has 0 aromatic heterocycles. The molecule has 1 aliphatic rings. The third-order valence-corrected chi connectivity index (χ3v) is 6.32. The van der Waals surface area contributed by atoms with Crippen LogP contribution in [-0.4, -0.2) is 30.8 Å². The highest BCUT2D eigenvalue weighted by Crippen LogP contribution is 2.32. The number of nitrogens with zero attached hydrogens (tertiary/aromatic N) is 1. The van der Waals surface area contributed by atoms with Crippen LogP contribution in [0.15, 0.2) is 77.5 Å². The molecule has 3 aromatic carbocycles. The summed E-state index contributed by atoms with van der Waals surface area (Å²) in [5.41, 5.74) is 1.03. The van der Waals surface area contributed by atoms with E-state index in [0.29, 0.717) is 11.4 Å². The van der Waals surface area contributed by atoms with Crippen LogP contribution in [0, 0.1) is 0 Å². The highest BCUT2D eigenvalue weighted by Gasteiger charge is 2.39. The van der Waals surface area contributed by atoms with E-state index in [1.807, 2.05) is 0 Å². The van der Waals surface area contributed by atoms with Crippen LogP contribution in [0.2, 0.25) is 10.0 Å². The molecule has 1 heterocycles. The molecule has 0 spiro atoms. The first-order chi connectivity index (χ1) is 17.2. The number of carbonyl (C=O) groups is 4. The van der Waals surface area contributed by atoms with E-state index in [-0.39, 0.29) is 37.6 Å². The molecular formula is C25H16Cl3N3O5. The van der Waals surface area contributed by atoms with E-state index in [4.69, 9.17) is 34.8 Å². The molecule has 4 rings (SSSR count). The Bertz CT molecular complexity index is 1450. The summed E-state index contributed by atoms with van der Waals surface area (Å²) in [5, 5.41) is 5.63. The summed E-state index contributed by atoms with van der Waals surface area (Å²) >= 11 is 18.3. The Labute approximate surface area is 220 Å². The van der Waals surface area contributed by atoms with E-state index in [9.17, 15) is 19.2 Å². The highest BCUT2D eigenvalue weighted by atomic mass is 35.5. The first-order valence-corrected chi connectivity index (χ1v) is 11.4. The Morgan fingerprint density at radius 3 is 2.31 bits per heavy atom. The number of ether oxygens (including phenoxy) is 1. The van der Waals surface area contributed by atoms with Crippen LogP contribution < -0.4 is 15.5 Å². The normalized spacial score (nSPS) is 13.2. The number of halogens is 3. The highest BCUT2D eigenvalue weighted by molar-refractivity contribution is 6.53. The maximum absolute atomic E-state index is 13.1. The predicted molar refractivity (Wildman–Crippen MR) is 138 cm³/mol. The Kier molecular flexibility index (Phi) is 7.30. The molecule has 0 saturated heterocycles. The number of carbonyl (C=O) groups excluding carboxylic acids is 4. The van der Waals surface area contributed by atoms with Gasteiger partial charge in [-0.15, -0.1) is 0 Å². The van der Waals surface area contributed by atoms with Crippen molar-refractivity contribution in [1.29, 1.82) is 0 Å². The summed E-state index contributed by atoms with van der Waals surface area (Å²) in [6.45, 7) is 0. The minimum absolute atomic E-state index is 0.148. The number of hydrogen-bond acceptors (Lipinski definition) is 6. The van der Waals surface area contributed by atoms with Gasteiger partial charge >= 0.3 is 5.97 Å². The Balaban J connectivity index is 1.55. The Morgan fingerprint density at radius 1 is 0.861 bits per heavy atom. The average Bonchev–Trinajstić information content (AvgIpc) is 3.09. The molecule has 0 unspecified atom stereocenters. The largest absolute Gasteiger partial charge is 0.465 e. The minimum Gasteiger partial charge on any atom is -0.465 e. The maximum Gasteiger partial charge on any atom is 0.337 e. The van der Waals surface area contributed by atoms with Crippen molar-refractivity contribution in [2.24, 2.45) is 0 Å². The van der Waals surface area contributed by atoms with E-state index in [0.717, 1.165) is 4.90 Å². The molecule has 0 fully saturated rings. The SMILES string of the molecule is COC(=O)c1cccc(N2C(=O)C(Cl)=C(Nc3cccc(C(=O)Nc4cccc(Cl)c4Cl)c3)C2=O)c1. The topological polar surface area (TPSA) is 105 Å². The molecule has 182 valence electrons. The van der Waals surface area contributed by atoms with Gasteiger partial charge in [-0.3, -0.25) is 14.4 Å². The summed E-state index contributed by atoms with van der Waals surface area (Å²) in [6.07, 6.45) is 0. The number of methoxy groups -OCH3 is 1. The molecular weight excluding hydrogens is 529 g/mol. The van der Waals surface area contributed by atoms with Crippen molar-refractivity contribution in [1.82, 2.24) is 0 Å². The number of anilines is 3. The van der Waals surface area contributed by atoms with Gasteiger partial charge in [-0.05, 0) is 48.5 Å². The molecule has 0 aliphatic carbocycles. The van der Waals surface area contributed by atoms with Gasteiger partial charge in [0.05, 0.1) is 34.1 Å². The molecule has 0 atom stereocenters. The molecule has 36 heavy (non-hydrogen) atoms. The molecule has 3 aromatic rings. The van der Waals surface area contributed by atoms with Crippen LogP contribution >= 0.6 is 34.8 Å². The van der Waals surface area contributed by atoms with Gasteiger partial charge < -0.3 is 15.4 Å². The number of esters is 1. The number of hydrogen-bond donors (Lipinski definition) is 2. The number of amides is 3. The van der Waals surface area contributed by atoms with E-state index in [2.05, 4.69) is 15.4 Å². The van der Waals surface area contributed by atoms with Crippen LogP contribution in [0.5, 0.6) is 0 Å². The zero-order chi connectivity index (χ0) is 26.0. The smallest absolute Gasteiger partial charge is 0.337 e. The zero-order valence-electron chi connectivity index (χ0n) is 18.5. The van der Waals surface area contributed by atoms with Gasteiger partial charge in [0.15, 0.2) is 0 Å². The van der Waals surface area contributed by atoms with E-state index in [1.54, 1.807) is 36.4 Å². The molecule has 8 nitrogen and oxygen atoms in total. The van der Waals surface area contributed by atoms with Crippen molar-refractivity contribution < 1.29 is 23.9 Å². The number of imide groups is 1. The zero-order valence-corrected chi connectivity index (χ0v) is 20.7. The van der Waals surface area contributed by atoms with Crippen molar-refractivity contribution >= 4 is 75.6 Å². The fourth-order valence-electron chi connectivity index (χ4n) is 3.41. The lowest BCUT2D eigenvalue weighted by atomic mass is 10.1. The first-order valence-electron chi connectivity index (χ1n) is 10.3. The van der Waals surface area contributed by atoms with Crippen LogP contribution in [-0.2, 0) is 14.3 Å². The van der Waals surface area contributed by atoms with Gasteiger partial charge in [0, 0.05) is 11.3 Å². The second kappa shape index (κ2) is 10.4. The van der Waals surface area contributed by atoms with Gasteiger partial charge in [0.1, 0.15) is 10.7 Å². The van der Waals surface area contributed by atoms with Crippen molar-refractivity contribution in [2.45, 2.75) is 0 Å². The molecule has 0 saturated carbocycles. The van der Waals surface area contributed by atoms with Crippen LogP contribution in [0.3, 0.4) is 0 Å². The molecule has 0 bridgehead atoms. The third kappa shape index (κ3) is 4.92. The Morgan fingerprint density at radius 2 is 1.56 bits per heavy atom. The lowest BCUT2D eigenvalue weighted by Crippen LogP contribution is -2.32. The monoisotopic (exact) mass is 543 g/mol. The third-order valence-electron chi connectivity index (χ3n) is 5.15. The lowest BCUT2D eigenvalue weighted by molar-refractivity contribution is -0.120. The summed E-state index contributed by atoms with van der Waals surface area (Å²) in [4.78, 5) is 51.3. The maximum atomic E-state index is 13.1. The second-order valence-electron chi connectivity index (χ2n) is 7.44. The van der Waals surface area contributed by atoms with Crippen LogP contribution in [0.4, 0.5) is 17.1 Å². The summed E-state index contributed by atoms with van der Waals surface area (Å²) in [7, 11) is 1.22. The standard InChI is InChI=1S/C25H16Cl3N3O5/c1-36-25(35)14-6-3-8-16(12-14)31-23(33)20(28)21(24(31)34)29-15-7-2-5-13(11-15)22(32)30-18-10-4-9-17(26)19(18)27/h2-12,29H,1H3,(H,30,32). The Hall–Kier alpha value is -3.85. The average molecular weight is 545 g/mol.